The third-order valence-corrected chi connectivity index (χ3v) is 3.91. The molecule has 0 spiro atoms. The molecular formula is C14H22N4O. The van der Waals surface area contributed by atoms with Crippen LogP contribution in [-0.4, -0.2) is 36.6 Å². The first kappa shape index (κ1) is 13.8. The van der Waals surface area contributed by atoms with Gasteiger partial charge in [-0.05, 0) is 45.4 Å². The van der Waals surface area contributed by atoms with E-state index < -0.39 is 5.91 Å². The van der Waals surface area contributed by atoms with Crippen LogP contribution < -0.4 is 16.0 Å². The van der Waals surface area contributed by atoms with Crippen molar-refractivity contribution in [2.45, 2.75) is 38.3 Å². The SMILES string of the molecule is CNC(C)C1CCCCN1c1ccnc(C(N)=O)c1. The van der Waals surface area contributed by atoms with Crippen LogP contribution in [0.5, 0.6) is 0 Å². The Morgan fingerprint density at radius 1 is 1.58 bits per heavy atom. The third-order valence-electron chi connectivity index (χ3n) is 3.91. The Bertz CT molecular complexity index is 449. The Hall–Kier alpha value is -1.62. The number of aromatic nitrogens is 1. The van der Waals surface area contributed by atoms with E-state index in [2.05, 4.69) is 22.1 Å². The molecule has 5 heteroatoms. The van der Waals surface area contributed by atoms with E-state index in [0.29, 0.717) is 17.8 Å². The van der Waals surface area contributed by atoms with Crippen LogP contribution in [0, 0.1) is 0 Å². The predicted octanol–water partition coefficient (Wildman–Crippen LogP) is 1.15. The highest BCUT2D eigenvalue weighted by Gasteiger charge is 2.27. The Labute approximate surface area is 114 Å². The molecule has 2 unspecified atom stereocenters. The molecule has 1 aliphatic rings. The zero-order valence-corrected chi connectivity index (χ0v) is 11.6. The van der Waals surface area contributed by atoms with Gasteiger partial charge in [-0.2, -0.15) is 0 Å². The number of carbonyl (C=O) groups is 1. The number of nitrogens with one attached hydrogen (secondary N) is 1. The molecule has 5 nitrogen and oxygen atoms in total. The molecule has 1 aliphatic heterocycles. The lowest BCUT2D eigenvalue weighted by molar-refractivity contribution is 0.0995. The average Bonchev–Trinajstić information content (AvgIpc) is 2.46. The summed E-state index contributed by atoms with van der Waals surface area (Å²) >= 11 is 0. The van der Waals surface area contributed by atoms with E-state index in [1.807, 2.05) is 13.1 Å². The van der Waals surface area contributed by atoms with Gasteiger partial charge < -0.3 is 16.0 Å². The van der Waals surface area contributed by atoms with Crippen molar-refractivity contribution in [1.82, 2.24) is 10.3 Å². The summed E-state index contributed by atoms with van der Waals surface area (Å²) in [7, 11) is 1.98. The smallest absolute Gasteiger partial charge is 0.267 e. The summed E-state index contributed by atoms with van der Waals surface area (Å²) < 4.78 is 0. The number of hydrogen-bond donors (Lipinski definition) is 2. The summed E-state index contributed by atoms with van der Waals surface area (Å²) in [5.74, 6) is -0.475. The van der Waals surface area contributed by atoms with Crippen molar-refractivity contribution < 1.29 is 4.79 Å². The lowest BCUT2D eigenvalue weighted by Crippen LogP contribution is -2.50. The number of carbonyl (C=O) groups excluding carboxylic acids is 1. The standard InChI is InChI=1S/C14H22N4O/c1-10(16-2)13-5-3-4-8-18(13)11-6-7-17-12(9-11)14(15)19/h6-7,9-10,13,16H,3-5,8H2,1-2H3,(H2,15,19). The van der Waals surface area contributed by atoms with Crippen molar-refractivity contribution in [3.8, 4) is 0 Å². The zero-order chi connectivity index (χ0) is 13.8. The minimum absolute atomic E-state index is 0.332. The highest BCUT2D eigenvalue weighted by Crippen LogP contribution is 2.26. The van der Waals surface area contributed by atoms with Crippen LogP contribution in [-0.2, 0) is 0 Å². The van der Waals surface area contributed by atoms with Crippen LogP contribution >= 0.6 is 0 Å². The lowest BCUT2D eigenvalue weighted by atomic mass is 9.96. The van der Waals surface area contributed by atoms with Gasteiger partial charge in [-0.3, -0.25) is 9.78 Å². The first-order chi connectivity index (χ1) is 9.13. The number of nitrogens with two attached hydrogens (primary N) is 1. The van der Waals surface area contributed by atoms with E-state index >= 15 is 0 Å². The Kier molecular flexibility index (Phi) is 4.37. The summed E-state index contributed by atoms with van der Waals surface area (Å²) in [4.78, 5) is 17.6. The number of likely N-dealkylation sites (N-methyl/N-ethyl adjacent to an activating group) is 1. The van der Waals surface area contributed by atoms with Crippen LogP contribution in [0.15, 0.2) is 18.3 Å². The number of pyridine rings is 1. The van der Waals surface area contributed by atoms with Gasteiger partial charge in [-0.15, -0.1) is 0 Å². The van der Waals surface area contributed by atoms with Gasteiger partial charge in [-0.1, -0.05) is 0 Å². The minimum Gasteiger partial charge on any atom is -0.367 e. The summed E-state index contributed by atoms with van der Waals surface area (Å²) in [6, 6.07) is 4.60. The van der Waals surface area contributed by atoms with Gasteiger partial charge in [0.15, 0.2) is 0 Å². The summed E-state index contributed by atoms with van der Waals surface area (Å²) in [5.41, 5.74) is 6.67. The van der Waals surface area contributed by atoms with Crippen molar-refractivity contribution in [1.29, 1.82) is 0 Å². The fourth-order valence-electron chi connectivity index (χ4n) is 2.72. The van der Waals surface area contributed by atoms with E-state index in [1.165, 1.54) is 12.8 Å². The van der Waals surface area contributed by atoms with Crippen molar-refractivity contribution in [3.63, 3.8) is 0 Å². The zero-order valence-electron chi connectivity index (χ0n) is 11.6. The third kappa shape index (κ3) is 3.04. The molecule has 1 amide bonds. The molecule has 1 aromatic rings. The summed E-state index contributed by atoms with van der Waals surface area (Å²) in [6.07, 6.45) is 5.25. The van der Waals surface area contributed by atoms with Gasteiger partial charge in [0, 0.05) is 30.5 Å². The summed E-state index contributed by atoms with van der Waals surface area (Å²) in [5, 5.41) is 3.32. The average molecular weight is 262 g/mol. The first-order valence-electron chi connectivity index (χ1n) is 6.83. The fraction of sp³-hybridized carbons (Fsp3) is 0.571. The van der Waals surface area contributed by atoms with Crippen molar-refractivity contribution >= 4 is 11.6 Å². The molecule has 1 saturated heterocycles. The second-order valence-electron chi connectivity index (χ2n) is 5.10. The van der Waals surface area contributed by atoms with Crippen molar-refractivity contribution in [2.75, 3.05) is 18.5 Å². The highest BCUT2D eigenvalue weighted by atomic mass is 16.1. The Balaban J connectivity index is 2.26. The minimum atomic E-state index is -0.475. The second kappa shape index (κ2) is 6.02. The van der Waals surface area contributed by atoms with Gasteiger partial charge in [0.05, 0.1) is 0 Å². The monoisotopic (exact) mass is 262 g/mol. The number of anilines is 1. The number of hydrogen-bond acceptors (Lipinski definition) is 4. The number of amides is 1. The quantitative estimate of drug-likeness (QED) is 0.854. The fourth-order valence-corrected chi connectivity index (χ4v) is 2.72. The number of rotatable bonds is 4. The largest absolute Gasteiger partial charge is 0.367 e. The van der Waals surface area contributed by atoms with Gasteiger partial charge in [0.2, 0.25) is 0 Å². The molecule has 0 bridgehead atoms. The van der Waals surface area contributed by atoms with Gasteiger partial charge in [0.1, 0.15) is 5.69 Å². The van der Waals surface area contributed by atoms with E-state index in [0.717, 1.165) is 18.7 Å². The number of piperidine rings is 1. The molecule has 3 N–H and O–H groups in total. The molecule has 104 valence electrons. The normalized spacial score (nSPS) is 21.2. The van der Waals surface area contributed by atoms with E-state index in [-0.39, 0.29) is 0 Å². The van der Waals surface area contributed by atoms with Crippen LogP contribution in [0.1, 0.15) is 36.7 Å². The first-order valence-corrected chi connectivity index (χ1v) is 6.83. The van der Waals surface area contributed by atoms with Gasteiger partial charge >= 0.3 is 0 Å². The maximum atomic E-state index is 11.2. The molecule has 0 aliphatic carbocycles. The van der Waals surface area contributed by atoms with E-state index in [9.17, 15) is 4.79 Å². The maximum absolute atomic E-state index is 11.2. The number of primary amides is 1. The van der Waals surface area contributed by atoms with Crippen LogP contribution in [0.2, 0.25) is 0 Å². The molecule has 2 heterocycles. The lowest BCUT2D eigenvalue weighted by Gasteiger charge is -2.40. The maximum Gasteiger partial charge on any atom is 0.267 e. The molecule has 0 saturated carbocycles. The van der Waals surface area contributed by atoms with Crippen LogP contribution in [0.25, 0.3) is 0 Å². The van der Waals surface area contributed by atoms with Gasteiger partial charge in [0.25, 0.3) is 5.91 Å². The molecule has 2 atom stereocenters. The van der Waals surface area contributed by atoms with Crippen LogP contribution in [0.4, 0.5) is 5.69 Å². The molecule has 2 rings (SSSR count). The van der Waals surface area contributed by atoms with Crippen LogP contribution in [0.3, 0.4) is 0 Å². The molecule has 1 aromatic heterocycles. The number of nitrogens with zero attached hydrogens (tertiary/aromatic N) is 2. The molecule has 1 fully saturated rings. The Morgan fingerprint density at radius 3 is 3.05 bits per heavy atom. The topological polar surface area (TPSA) is 71.2 Å². The van der Waals surface area contributed by atoms with E-state index in [4.69, 9.17) is 5.73 Å². The van der Waals surface area contributed by atoms with Crippen molar-refractivity contribution in [3.05, 3.63) is 24.0 Å². The Morgan fingerprint density at radius 2 is 2.37 bits per heavy atom. The van der Waals surface area contributed by atoms with Crippen molar-refractivity contribution in [2.24, 2.45) is 5.73 Å². The predicted molar refractivity (Wildman–Crippen MR) is 76.3 cm³/mol. The molecule has 19 heavy (non-hydrogen) atoms. The van der Waals surface area contributed by atoms with E-state index in [1.54, 1.807) is 12.3 Å². The molecular weight excluding hydrogens is 240 g/mol. The molecule has 0 aromatic carbocycles. The van der Waals surface area contributed by atoms with Gasteiger partial charge in [-0.25, -0.2) is 0 Å². The summed E-state index contributed by atoms with van der Waals surface area (Å²) in [6.45, 7) is 3.21. The highest BCUT2D eigenvalue weighted by molar-refractivity contribution is 5.91. The molecule has 0 radical (unpaired) electrons. The second-order valence-corrected chi connectivity index (χ2v) is 5.10.